The molecule has 1 heterocycles. The minimum atomic E-state index is 0.753. The molecule has 2 nitrogen and oxygen atoms in total. The largest absolute Gasteiger partial charge is 0.159 e. The molecule has 0 aliphatic heterocycles. The fraction of sp³-hybridized carbons (Fsp3) is 0.636. The third kappa shape index (κ3) is 2.06. The highest BCUT2D eigenvalue weighted by atomic mass is 15.1. The second-order valence-electron chi connectivity index (χ2n) is 3.97. The van der Waals surface area contributed by atoms with E-state index in [0.717, 1.165) is 11.6 Å². The molecule has 1 fully saturated rings. The highest BCUT2D eigenvalue weighted by Crippen LogP contribution is 2.31. The van der Waals surface area contributed by atoms with E-state index in [9.17, 15) is 0 Å². The minimum absolute atomic E-state index is 0.753. The summed E-state index contributed by atoms with van der Waals surface area (Å²) in [5.74, 6) is 0.753. The Balaban J connectivity index is 2.14. The zero-order valence-corrected chi connectivity index (χ0v) is 8.16. The third-order valence-electron chi connectivity index (χ3n) is 2.87. The van der Waals surface area contributed by atoms with Crippen LogP contribution in [0, 0.1) is 6.92 Å². The van der Waals surface area contributed by atoms with E-state index in [1.807, 2.05) is 13.1 Å². The molecule has 1 aromatic rings. The first kappa shape index (κ1) is 8.67. The molecule has 0 aromatic carbocycles. The second kappa shape index (κ2) is 3.86. The van der Waals surface area contributed by atoms with Gasteiger partial charge in [0.15, 0.2) is 0 Å². The molecule has 2 rings (SSSR count). The first-order chi connectivity index (χ1) is 6.36. The van der Waals surface area contributed by atoms with Crippen LogP contribution < -0.4 is 0 Å². The van der Waals surface area contributed by atoms with Crippen LogP contribution in [0.1, 0.15) is 49.3 Å². The van der Waals surface area contributed by atoms with E-state index < -0.39 is 0 Å². The number of aromatic nitrogens is 2. The van der Waals surface area contributed by atoms with Crippen molar-refractivity contribution in [3.8, 4) is 0 Å². The van der Waals surface area contributed by atoms with Crippen LogP contribution in [-0.4, -0.2) is 10.2 Å². The maximum Gasteiger partial charge on any atom is 0.0603 e. The van der Waals surface area contributed by atoms with Crippen LogP contribution >= 0.6 is 0 Å². The van der Waals surface area contributed by atoms with Crippen LogP contribution in [-0.2, 0) is 0 Å². The van der Waals surface area contributed by atoms with Crippen molar-refractivity contribution in [3.63, 3.8) is 0 Å². The van der Waals surface area contributed by atoms with Gasteiger partial charge in [0.25, 0.3) is 0 Å². The molecule has 1 aliphatic carbocycles. The van der Waals surface area contributed by atoms with Crippen molar-refractivity contribution in [2.24, 2.45) is 0 Å². The summed E-state index contributed by atoms with van der Waals surface area (Å²) in [7, 11) is 0. The van der Waals surface area contributed by atoms with E-state index in [-0.39, 0.29) is 0 Å². The van der Waals surface area contributed by atoms with Gasteiger partial charge in [-0.2, -0.15) is 10.2 Å². The maximum atomic E-state index is 4.01. The molecular formula is C11H16N2. The van der Waals surface area contributed by atoms with Crippen LogP contribution in [0.4, 0.5) is 0 Å². The molecule has 0 atom stereocenters. The first-order valence-electron chi connectivity index (χ1n) is 5.15. The Morgan fingerprint density at radius 2 is 2.00 bits per heavy atom. The van der Waals surface area contributed by atoms with Gasteiger partial charge in [0.2, 0.25) is 0 Å². The summed E-state index contributed by atoms with van der Waals surface area (Å²) < 4.78 is 0. The number of hydrogen-bond donors (Lipinski definition) is 0. The standard InChI is InChI=1S/C11H16N2/c1-9-7-11(8-12-13-9)10-5-3-2-4-6-10/h7-8,10H,2-6H2,1H3. The topological polar surface area (TPSA) is 25.8 Å². The van der Waals surface area contributed by atoms with Gasteiger partial charge in [-0.05, 0) is 37.3 Å². The Morgan fingerprint density at radius 3 is 2.69 bits per heavy atom. The lowest BCUT2D eigenvalue weighted by molar-refractivity contribution is 0.442. The van der Waals surface area contributed by atoms with E-state index in [0.29, 0.717) is 0 Å². The Morgan fingerprint density at radius 1 is 1.23 bits per heavy atom. The molecule has 1 saturated carbocycles. The van der Waals surface area contributed by atoms with Gasteiger partial charge in [0.1, 0.15) is 0 Å². The van der Waals surface area contributed by atoms with Crippen LogP contribution in [0.5, 0.6) is 0 Å². The second-order valence-corrected chi connectivity index (χ2v) is 3.97. The zero-order chi connectivity index (χ0) is 9.10. The third-order valence-corrected chi connectivity index (χ3v) is 2.87. The Hall–Kier alpha value is -0.920. The molecule has 0 spiro atoms. The maximum absolute atomic E-state index is 4.01. The summed E-state index contributed by atoms with van der Waals surface area (Å²) in [5.41, 5.74) is 2.44. The van der Waals surface area contributed by atoms with Crippen molar-refractivity contribution in [2.75, 3.05) is 0 Å². The SMILES string of the molecule is Cc1cc(C2CCCCC2)cnn1. The molecule has 0 N–H and O–H groups in total. The lowest BCUT2D eigenvalue weighted by Crippen LogP contribution is -2.05. The monoisotopic (exact) mass is 176 g/mol. The highest BCUT2D eigenvalue weighted by molar-refractivity contribution is 5.17. The lowest BCUT2D eigenvalue weighted by Gasteiger charge is -2.21. The van der Waals surface area contributed by atoms with Crippen molar-refractivity contribution >= 4 is 0 Å². The van der Waals surface area contributed by atoms with Gasteiger partial charge < -0.3 is 0 Å². The number of nitrogens with zero attached hydrogens (tertiary/aromatic N) is 2. The van der Waals surface area contributed by atoms with Gasteiger partial charge in [-0.15, -0.1) is 0 Å². The molecule has 70 valence electrons. The molecule has 1 aromatic heterocycles. The molecule has 0 saturated heterocycles. The van der Waals surface area contributed by atoms with Gasteiger partial charge in [-0.25, -0.2) is 0 Å². The highest BCUT2D eigenvalue weighted by Gasteiger charge is 2.15. The smallest absolute Gasteiger partial charge is 0.0603 e. The van der Waals surface area contributed by atoms with Gasteiger partial charge in [0.05, 0.1) is 11.9 Å². The van der Waals surface area contributed by atoms with E-state index in [4.69, 9.17) is 0 Å². The fourth-order valence-electron chi connectivity index (χ4n) is 2.15. The number of hydrogen-bond acceptors (Lipinski definition) is 2. The summed E-state index contributed by atoms with van der Waals surface area (Å²) in [4.78, 5) is 0. The molecule has 0 unspecified atom stereocenters. The van der Waals surface area contributed by atoms with Crippen molar-refractivity contribution in [1.29, 1.82) is 0 Å². The number of aryl methyl sites for hydroxylation is 1. The van der Waals surface area contributed by atoms with Crippen molar-refractivity contribution in [2.45, 2.75) is 44.9 Å². The summed E-state index contributed by atoms with van der Waals surface area (Å²) in [5, 5.41) is 7.99. The van der Waals surface area contributed by atoms with Crippen molar-refractivity contribution < 1.29 is 0 Å². The van der Waals surface area contributed by atoms with E-state index in [1.54, 1.807) is 0 Å². The first-order valence-corrected chi connectivity index (χ1v) is 5.15. The number of rotatable bonds is 1. The summed E-state index contributed by atoms with van der Waals surface area (Å²) in [6, 6.07) is 2.18. The lowest BCUT2D eigenvalue weighted by atomic mass is 9.85. The average Bonchev–Trinajstić information content (AvgIpc) is 2.19. The Labute approximate surface area is 79.4 Å². The molecule has 13 heavy (non-hydrogen) atoms. The predicted molar refractivity (Wildman–Crippen MR) is 52.6 cm³/mol. The predicted octanol–water partition coefficient (Wildman–Crippen LogP) is 2.83. The van der Waals surface area contributed by atoms with Crippen LogP contribution in [0.3, 0.4) is 0 Å². The van der Waals surface area contributed by atoms with Crippen LogP contribution in [0.2, 0.25) is 0 Å². The summed E-state index contributed by atoms with van der Waals surface area (Å²) >= 11 is 0. The fourth-order valence-corrected chi connectivity index (χ4v) is 2.15. The average molecular weight is 176 g/mol. The van der Waals surface area contributed by atoms with Gasteiger partial charge in [0, 0.05) is 0 Å². The van der Waals surface area contributed by atoms with Gasteiger partial charge in [-0.1, -0.05) is 19.3 Å². The molecule has 1 aliphatic rings. The molecule has 2 heteroatoms. The van der Waals surface area contributed by atoms with Crippen molar-refractivity contribution in [1.82, 2.24) is 10.2 Å². The normalized spacial score (nSPS) is 18.8. The zero-order valence-electron chi connectivity index (χ0n) is 8.16. The molecule has 0 radical (unpaired) electrons. The summed E-state index contributed by atoms with van der Waals surface area (Å²) in [6.07, 6.45) is 8.78. The van der Waals surface area contributed by atoms with Gasteiger partial charge >= 0.3 is 0 Å². The van der Waals surface area contributed by atoms with E-state index >= 15 is 0 Å². The Bertz CT molecular complexity index is 277. The molecule has 0 bridgehead atoms. The molecule has 0 amide bonds. The minimum Gasteiger partial charge on any atom is -0.159 e. The van der Waals surface area contributed by atoms with E-state index in [2.05, 4.69) is 16.3 Å². The van der Waals surface area contributed by atoms with Crippen LogP contribution in [0.15, 0.2) is 12.3 Å². The summed E-state index contributed by atoms with van der Waals surface area (Å²) in [6.45, 7) is 2.01. The quantitative estimate of drug-likeness (QED) is 0.657. The van der Waals surface area contributed by atoms with Crippen LogP contribution in [0.25, 0.3) is 0 Å². The van der Waals surface area contributed by atoms with E-state index in [1.165, 1.54) is 37.7 Å². The van der Waals surface area contributed by atoms with Gasteiger partial charge in [-0.3, -0.25) is 0 Å². The Kier molecular flexibility index (Phi) is 2.57. The molecular weight excluding hydrogens is 160 g/mol. The van der Waals surface area contributed by atoms with Crippen molar-refractivity contribution in [3.05, 3.63) is 23.5 Å².